The Labute approximate surface area is 168 Å². The summed E-state index contributed by atoms with van der Waals surface area (Å²) in [5.74, 6) is 2.04. The first-order chi connectivity index (χ1) is 13.2. The van der Waals surface area contributed by atoms with Gasteiger partial charge in [-0.05, 0) is 84.0 Å². The molecule has 0 radical (unpaired) electrons. The summed E-state index contributed by atoms with van der Waals surface area (Å²) in [6, 6.07) is 12.9. The van der Waals surface area contributed by atoms with Crippen LogP contribution in [0.2, 0.25) is 0 Å². The van der Waals surface area contributed by atoms with Crippen molar-refractivity contribution in [2.75, 3.05) is 0 Å². The highest BCUT2D eigenvalue weighted by atomic mass is 16.5. The van der Waals surface area contributed by atoms with E-state index < -0.39 is 0 Å². The van der Waals surface area contributed by atoms with Gasteiger partial charge in [-0.15, -0.1) is 0 Å². The first-order valence-corrected chi connectivity index (χ1v) is 9.71. The lowest BCUT2D eigenvalue weighted by molar-refractivity contribution is 0.104. The number of hydrogen-bond donors (Lipinski definition) is 0. The van der Waals surface area contributed by atoms with Gasteiger partial charge in [-0.3, -0.25) is 4.79 Å². The summed E-state index contributed by atoms with van der Waals surface area (Å²) >= 11 is 0. The molecule has 0 saturated carbocycles. The van der Waals surface area contributed by atoms with E-state index in [2.05, 4.69) is 0 Å². The van der Waals surface area contributed by atoms with E-state index in [1.807, 2.05) is 71.9 Å². The van der Waals surface area contributed by atoms with Crippen LogP contribution in [-0.4, -0.2) is 24.1 Å². The summed E-state index contributed by atoms with van der Waals surface area (Å²) in [6.07, 6.45) is 3.48. The molecule has 0 bridgehead atoms. The quantitative estimate of drug-likeness (QED) is 0.397. The molecule has 2 aromatic rings. The fourth-order valence-electron chi connectivity index (χ4n) is 2.62. The van der Waals surface area contributed by atoms with Crippen LogP contribution in [0.4, 0.5) is 0 Å². The van der Waals surface area contributed by atoms with Crippen molar-refractivity contribution in [3.63, 3.8) is 0 Å². The van der Waals surface area contributed by atoms with Crippen LogP contribution in [-0.2, 0) is 0 Å². The van der Waals surface area contributed by atoms with Gasteiger partial charge in [0.05, 0.1) is 18.3 Å². The zero-order valence-corrected chi connectivity index (χ0v) is 17.6. The number of benzene rings is 2. The third-order valence-corrected chi connectivity index (χ3v) is 3.62. The molecule has 0 N–H and O–H groups in total. The van der Waals surface area contributed by atoms with Crippen molar-refractivity contribution in [2.45, 2.75) is 59.9 Å². The molecule has 0 amide bonds. The van der Waals surface area contributed by atoms with Crippen LogP contribution in [0.25, 0.3) is 6.08 Å². The van der Waals surface area contributed by atoms with Crippen LogP contribution in [0.5, 0.6) is 17.2 Å². The predicted octanol–water partition coefficient (Wildman–Crippen LogP) is 5.94. The second kappa shape index (κ2) is 9.98. The van der Waals surface area contributed by atoms with Gasteiger partial charge >= 0.3 is 0 Å². The Kier molecular flexibility index (Phi) is 7.68. The Hall–Kier alpha value is -2.75. The Morgan fingerprint density at radius 1 is 0.786 bits per heavy atom. The average Bonchev–Trinajstić information content (AvgIpc) is 2.60. The molecule has 0 aliphatic carbocycles. The number of ether oxygens (including phenoxy) is 3. The summed E-state index contributed by atoms with van der Waals surface area (Å²) in [5, 5.41) is 0. The Bertz CT molecular complexity index is 819. The number of allylic oxidation sites excluding steroid dienone is 1. The minimum atomic E-state index is -0.0973. The highest BCUT2D eigenvalue weighted by molar-refractivity contribution is 6.07. The third-order valence-electron chi connectivity index (χ3n) is 3.62. The van der Waals surface area contributed by atoms with Crippen molar-refractivity contribution in [1.82, 2.24) is 0 Å². The Balaban J connectivity index is 2.26. The van der Waals surface area contributed by atoms with Crippen LogP contribution in [0.3, 0.4) is 0 Å². The summed E-state index contributed by atoms with van der Waals surface area (Å²) in [6.45, 7) is 11.8. The highest BCUT2D eigenvalue weighted by Gasteiger charge is 2.09. The lowest BCUT2D eigenvalue weighted by atomic mass is 10.1. The monoisotopic (exact) mass is 382 g/mol. The van der Waals surface area contributed by atoms with E-state index in [-0.39, 0.29) is 24.1 Å². The number of carbonyl (C=O) groups is 1. The Morgan fingerprint density at radius 3 is 2.00 bits per heavy atom. The van der Waals surface area contributed by atoms with Gasteiger partial charge in [0.2, 0.25) is 0 Å². The molecule has 0 saturated heterocycles. The summed E-state index contributed by atoms with van der Waals surface area (Å²) in [4.78, 5) is 12.6. The van der Waals surface area contributed by atoms with Gasteiger partial charge in [-0.2, -0.15) is 0 Å². The van der Waals surface area contributed by atoms with Gasteiger partial charge in [0, 0.05) is 11.1 Å². The molecule has 0 aromatic heterocycles. The summed E-state index contributed by atoms with van der Waals surface area (Å²) in [7, 11) is 0. The zero-order valence-electron chi connectivity index (χ0n) is 17.6. The van der Waals surface area contributed by atoms with Crippen molar-refractivity contribution in [3.05, 3.63) is 59.7 Å². The van der Waals surface area contributed by atoms with Crippen molar-refractivity contribution < 1.29 is 19.0 Å². The fourth-order valence-corrected chi connectivity index (χ4v) is 2.62. The standard InChI is InChI=1S/C24H30O4/c1-16(2)26-21-9-7-8-19(14-21)23(25)12-10-20-15-22(27-17(3)4)11-13-24(20)28-18(5)6/h7-18H,1-6H3. The van der Waals surface area contributed by atoms with E-state index in [4.69, 9.17) is 14.2 Å². The number of rotatable bonds is 9. The molecular weight excluding hydrogens is 352 g/mol. The Morgan fingerprint density at radius 2 is 1.39 bits per heavy atom. The molecule has 0 spiro atoms. The predicted molar refractivity (Wildman–Crippen MR) is 114 cm³/mol. The number of ketones is 1. The van der Waals surface area contributed by atoms with Crippen LogP contribution in [0.15, 0.2) is 48.5 Å². The largest absolute Gasteiger partial charge is 0.491 e. The van der Waals surface area contributed by atoms with Gasteiger partial charge in [0.1, 0.15) is 17.2 Å². The molecule has 2 rings (SSSR count). The maximum atomic E-state index is 12.6. The first-order valence-electron chi connectivity index (χ1n) is 9.71. The van der Waals surface area contributed by atoms with Crippen molar-refractivity contribution in [2.24, 2.45) is 0 Å². The maximum Gasteiger partial charge on any atom is 0.185 e. The molecule has 0 aliphatic rings. The van der Waals surface area contributed by atoms with E-state index in [0.717, 1.165) is 11.3 Å². The molecule has 4 heteroatoms. The highest BCUT2D eigenvalue weighted by Crippen LogP contribution is 2.27. The van der Waals surface area contributed by atoms with Crippen molar-refractivity contribution in [1.29, 1.82) is 0 Å². The number of carbonyl (C=O) groups excluding carboxylic acids is 1. The number of hydrogen-bond acceptors (Lipinski definition) is 4. The molecule has 0 unspecified atom stereocenters. The fraction of sp³-hybridized carbons (Fsp3) is 0.375. The summed E-state index contributed by atoms with van der Waals surface area (Å²) < 4.78 is 17.3. The van der Waals surface area contributed by atoms with E-state index >= 15 is 0 Å². The first kappa shape index (κ1) is 21.5. The van der Waals surface area contributed by atoms with Gasteiger partial charge in [0.15, 0.2) is 5.78 Å². The smallest absolute Gasteiger partial charge is 0.185 e. The van der Waals surface area contributed by atoms with Crippen LogP contribution in [0.1, 0.15) is 57.5 Å². The van der Waals surface area contributed by atoms with Gasteiger partial charge in [0.25, 0.3) is 0 Å². The van der Waals surface area contributed by atoms with Crippen molar-refractivity contribution >= 4 is 11.9 Å². The van der Waals surface area contributed by atoms with Crippen LogP contribution in [0, 0.1) is 0 Å². The zero-order chi connectivity index (χ0) is 20.7. The van der Waals surface area contributed by atoms with E-state index in [9.17, 15) is 4.79 Å². The average molecular weight is 383 g/mol. The van der Waals surface area contributed by atoms with Crippen LogP contribution >= 0.6 is 0 Å². The molecule has 0 atom stereocenters. The minimum absolute atomic E-state index is 0.0320. The van der Waals surface area contributed by atoms with Gasteiger partial charge < -0.3 is 14.2 Å². The SMILES string of the molecule is CC(C)Oc1cccc(C(=O)C=Cc2cc(OC(C)C)ccc2OC(C)C)c1. The lowest BCUT2D eigenvalue weighted by Crippen LogP contribution is -2.08. The molecule has 0 fully saturated rings. The molecular formula is C24H30O4. The normalized spacial score (nSPS) is 11.5. The minimum Gasteiger partial charge on any atom is -0.491 e. The van der Waals surface area contributed by atoms with Crippen LogP contribution < -0.4 is 14.2 Å². The van der Waals surface area contributed by atoms with E-state index in [0.29, 0.717) is 17.1 Å². The molecule has 2 aromatic carbocycles. The molecule has 0 heterocycles. The lowest BCUT2D eigenvalue weighted by Gasteiger charge is -2.15. The van der Waals surface area contributed by atoms with E-state index in [1.54, 1.807) is 24.3 Å². The molecule has 28 heavy (non-hydrogen) atoms. The molecule has 4 nitrogen and oxygen atoms in total. The second-order valence-electron chi connectivity index (χ2n) is 7.42. The van der Waals surface area contributed by atoms with Crippen molar-refractivity contribution in [3.8, 4) is 17.2 Å². The summed E-state index contributed by atoms with van der Waals surface area (Å²) in [5.41, 5.74) is 1.38. The van der Waals surface area contributed by atoms with Gasteiger partial charge in [-0.25, -0.2) is 0 Å². The topological polar surface area (TPSA) is 44.8 Å². The molecule has 0 aliphatic heterocycles. The molecule has 150 valence electrons. The van der Waals surface area contributed by atoms with E-state index in [1.165, 1.54) is 0 Å². The second-order valence-corrected chi connectivity index (χ2v) is 7.42. The maximum absolute atomic E-state index is 12.6. The van der Waals surface area contributed by atoms with Gasteiger partial charge in [-0.1, -0.05) is 12.1 Å². The third kappa shape index (κ3) is 6.76.